The van der Waals surface area contributed by atoms with Gasteiger partial charge in [-0.25, -0.2) is 4.39 Å². The van der Waals surface area contributed by atoms with Gasteiger partial charge in [-0.1, -0.05) is 6.07 Å². The predicted molar refractivity (Wildman–Crippen MR) is 50.2 cm³/mol. The van der Waals surface area contributed by atoms with Crippen LogP contribution in [0, 0.1) is 5.82 Å². The van der Waals surface area contributed by atoms with Crippen LogP contribution >= 0.6 is 0 Å². The topological polar surface area (TPSA) is 23.5 Å². The minimum absolute atomic E-state index is 0.0150. The highest BCUT2D eigenvalue weighted by Crippen LogP contribution is 2.27. The van der Waals surface area contributed by atoms with E-state index in [2.05, 4.69) is 0 Å². The Hall–Kier alpha value is -1.09. The van der Waals surface area contributed by atoms with Crippen molar-refractivity contribution < 1.29 is 9.50 Å². The van der Waals surface area contributed by atoms with Crippen LogP contribution in [0.15, 0.2) is 18.2 Å². The number of aromatic hydroxyl groups is 1. The fraction of sp³-hybridized carbons (Fsp3) is 0.400. The maximum atomic E-state index is 12.6. The van der Waals surface area contributed by atoms with Crippen LogP contribution in [0.4, 0.5) is 4.39 Å². The average molecular weight is 183 g/mol. The van der Waals surface area contributed by atoms with Crippen molar-refractivity contribution in [2.45, 2.75) is 13.0 Å². The Balaban J connectivity index is 3.01. The van der Waals surface area contributed by atoms with Gasteiger partial charge >= 0.3 is 0 Å². The van der Waals surface area contributed by atoms with Crippen molar-refractivity contribution in [1.29, 1.82) is 0 Å². The molecule has 3 heteroatoms. The Morgan fingerprint density at radius 2 is 2.00 bits per heavy atom. The molecule has 0 saturated carbocycles. The summed E-state index contributed by atoms with van der Waals surface area (Å²) in [4.78, 5) is 1.95. The second-order valence-electron chi connectivity index (χ2n) is 3.34. The number of benzene rings is 1. The zero-order valence-corrected chi connectivity index (χ0v) is 8.08. The predicted octanol–water partition coefficient (Wildman–Crippen LogP) is 2.15. The first-order chi connectivity index (χ1) is 6.02. The van der Waals surface area contributed by atoms with E-state index < -0.39 is 5.82 Å². The molecule has 0 amide bonds. The van der Waals surface area contributed by atoms with E-state index >= 15 is 0 Å². The van der Waals surface area contributed by atoms with Gasteiger partial charge in [0.25, 0.3) is 0 Å². The van der Waals surface area contributed by atoms with Crippen LogP contribution in [0.1, 0.15) is 18.5 Å². The molecule has 1 atom stereocenters. The molecule has 0 spiro atoms. The van der Waals surface area contributed by atoms with E-state index in [-0.39, 0.29) is 11.8 Å². The van der Waals surface area contributed by atoms with Crippen LogP contribution in [0.3, 0.4) is 0 Å². The summed E-state index contributed by atoms with van der Waals surface area (Å²) in [5.74, 6) is -0.395. The van der Waals surface area contributed by atoms with Crippen molar-refractivity contribution in [2.24, 2.45) is 0 Å². The van der Waals surface area contributed by atoms with Crippen molar-refractivity contribution in [3.63, 3.8) is 0 Å². The largest absolute Gasteiger partial charge is 0.508 e. The van der Waals surface area contributed by atoms with Gasteiger partial charge in [-0.2, -0.15) is 0 Å². The van der Waals surface area contributed by atoms with E-state index in [9.17, 15) is 9.50 Å². The summed E-state index contributed by atoms with van der Waals surface area (Å²) < 4.78 is 12.6. The fourth-order valence-corrected chi connectivity index (χ4v) is 1.15. The first-order valence-electron chi connectivity index (χ1n) is 4.17. The molecule has 1 unspecified atom stereocenters. The minimum Gasteiger partial charge on any atom is -0.508 e. The Morgan fingerprint density at radius 3 is 2.46 bits per heavy atom. The van der Waals surface area contributed by atoms with E-state index in [4.69, 9.17) is 0 Å². The van der Waals surface area contributed by atoms with Crippen LogP contribution < -0.4 is 0 Å². The SMILES string of the molecule is CC(c1ccc(F)cc1O)N(C)C. The zero-order valence-electron chi connectivity index (χ0n) is 8.08. The van der Waals surface area contributed by atoms with Crippen molar-refractivity contribution in [3.05, 3.63) is 29.6 Å². The molecule has 0 aliphatic rings. The van der Waals surface area contributed by atoms with Gasteiger partial charge in [-0.15, -0.1) is 0 Å². The van der Waals surface area contributed by atoms with E-state index in [0.717, 1.165) is 11.6 Å². The van der Waals surface area contributed by atoms with Gasteiger partial charge in [0.05, 0.1) is 0 Å². The van der Waals surface area contributed by atoms with Crippen molar-refractivity contribution >= 4 is 0 Å². The summed E-state index contributed by atoms with van der Waals surface area (Å²) in [6, 6.07) is 4.18. The molecule has 1 N–H and O–H groups in total. The van der Waals surface area contributed by atoms with Crippen LogP contribution in [-0.2, 0) is 0 Å². The lowest BCUT2D eigenvalue weighted by atomic mass is 10.1. The Morgan fingerprint density at radius 1 is 1.38 bits per heavy atom. The highest BCUT2D eigenvalue weighted by Gasteiger charge is 2.12. The van der Waals surface area contributed by atoms with E-state index in [1.54, 1.807) is 6.07 Å². The van der Waals surface area contributed by atoms with E-state index in [1.165, 1.54) is 6.07 Å². The summed E-state index contributed by atoms with van der Waals surface area (Å²) in [6.07, 6.45) is 0. The summed E-state index contributed by atoms with van der Waals surface area (Å²) in [5, 5.41) is 9.44. The molecule has 0 saturated heterocycles. The standard InChI is InChI=1S/C10H14FNO/c1-7(12(2)3)9-5-4-8(11)6-10(9)13/h4-7,13H,1-3H3. The molecule has 72 valence electrons. The molecule has 1 rings (SSSR count). The number of nitrogens with zero attached hydrogens (tertiary/aromatic N) is 1. The molecule has 2 nitrogen and oxygen atoms in total. The zero-order chi connectivity index (χ0) is 10.0. The Labute approximate surface area is 77.6 Å². The van der Waals surface area contributed by atoms with Gasteiger partial charge in [0.2, 0.25) is 0 Å². The van der Waals surface area contributed by atoms with Crippen LogP contribution in [0.25, 0.3) is 0 Å². The molecule has 13 heavy (non-hydrogen) atoms. The van der Waals surface area contributed by atoms with E-state index in [1.807, 2.05) is 25.9 Å². The summed E-state index contributed by atoms with van der Waals surface area (Å²) in [7, 11) is 3.82. The van der Waals surface area contributed by atoms with Gasteiger partial charge in [-0.3, -0.25) is 0 Å². The molecule has 0 aromatic heterocycles. The third-order valence-electron chi connectivity index (χ3n) is 2.22. The summed E-state index contributed by atoms with van der Waals surface area (Å²) in [5.41, 5.74) is 0.742. The average Bonchev–Trinajstić information content (AvgIpc) is 2.03. The number of halogens is 1. The lowest BCUT2D eigenvalue weighted by Gasteiger charge is -2.20. The highest BCUT2D eigenvalue weighted by molar-refractivity contribution is 5.34. The number of phenolic OH excluding ortho intramolecular Hbond substituents is 1. The fourth-order valence-electron chi connectivity index (χ4n) is 1.15. The van der Waals surface area contributed by atoms with Gasteiger partial charge in [0.15, 0.2) is 0 Å². The Kier molecular flexibility index (Phi) is 2.88. The molecular formula is C10H14FNO. The van der Waals surface area contributed by atoms with Gasteiger partial charge in [0, 0.05) is 17.7 Å². The molecule has 0 aliphatic heterocycles. The maximum absolute atomic E-state index is 12.6. The monoisotopic (exact) mass is 183 g/mol. The smallest absolute Gasteiger partial charge is 0.126 e. The quantitative estimate of drug-likeness (QED) is 0.759. The van der Waals surface area contributed by atoms with Crippen molar-refractivity contribution in [3.8, 4) is 5.75 Å². The normalized spacial score (nSPS) is 13.3. The number of phenols is 1. The molecule has 1 aromatic rings. The number of hydrogen-bond acceptors (Lipinski definition) is 2. The summed E-state index contributed by atoms with van der Waals surface area (Å²) >= 11 is 0. The first kappa shape index (κ1) is 9.99. The van der Waals surface area contributed by atoms with Gasteiger partial charge < -0.3 is 10.0 Å². The highest BCUT2D eigenvalue weighted by atomic mass is 19.1. The lowest BCUT2D eigenvalue weighted by molar-refractivity contribution is 0.311. The maximum Gasteiger partial charge on any atom is 0.126 e. The minimum atomic E-state index is -0.410. The van der Waals surface area contributed by atoms with Crippen LogP contribution in [-0.4, -0.2) is 24.1 Å². The van der Waals surface area contributed by atoms with Crippen molar-refractivity contribution in [1.82, 2.24) is 4.90 Å². The third-order valence-corrected chi connectivity index (χ3v) is 2.22. The molecular weight excluding hydrogens is 169 g/mol. The first-order valence-corrected chi connectivity index (χ1v) is 4.17. The second-order valence-corrected chi connectivity index (χ2v) is 3.34. The van der Waals surface area contributed by atoms with E-state index in [0.29, 0.717) is 0 Å². The summed E-state index contributed by atoms with van der Waals surface area (Å²) in [6.45, 7) is 1.95. The van der Waals surface area contributed by atoms with Crippen LogP contribution in [0.2, 0.25) is 0 Å². The molecule has 0 radical (unpaired) electrons. The Bertz CT molecular complexity index is 299. The number of rotatable bonds is 2. The third kappa shape index (κ3) is 2.18. The molecule has 0 fully saturated rings. The van der Waals surface area contributed by atoms with Gasteiger partial charge in [0.1, 0.15) is 11.6 Å². The van der Waals surface area contributed by atoms with Crippen molar-refractivity contribution in [2.75, 3.05) is 14.1 Å². The van der Waals surface area contributed by atoms with Crippen LogP contribution in [0.5, 0.6) is 5.75 Å². The molecule has 0 aliphatic carbocycles. The molecule has 0 bridgehead atoms. The van der Waals surface area contributed by atoms with Gasteiger partial charge in [-0.05, 0) is 27.1 Å². The lowest BCUT2D eigenvalue weighted by Crippen LogP contribution is -2.16. The number of hydrogen-bond donors (Lipinski definition) is 1. The molecule has 0 heterocycles. The second kappa shape index (κ2) is 3.75. The molecule has 1 aromatic carbocycles.